The molecule has 0 fully saturated rings. The summed E-state index contributed by atoms with van der Waals surface area (Å²) in [5.41, 5.74) is 4.63. The minimum atomic E-state index is -0.476. The van der Waals surface area contributed by atoms with E-state index >= 15 is 0 Å². The van der Waals surface area contributed by atoms with Crippen molar-refractivity contribution in [2.24, 2.45) is 10.2 Å². The van der Waals surface area contributed by atoms with Crippen LogP contribution in [0.3, 0.4) is 0 Å². The molecule has 92 valence electrons. The van der Waals surface area contributed by atoms with Crippen molar-refractivity contribution in [2.75, 3.05) is 0 Å². The number of carbonyl (C=O) groups excluding carboxylic acids is 1. The van der Waals surface area contributed by atoms with Crippen molar-refractivity contribution in [2.45, 2.75) is 0 Å². The highest BCUT2D eigenvalue weighted by atomic mass is 32.1. The SMILES string of the molecule is O=C(NN=Cc1cccs1)NN=Cc1cccs1. The first-order chi connectivity index (χ1) is 8.84. The largest absolute Gasteiger partial charge is 0.355 e. The lowest BCUT2D eigenvalue weighted by molar-refractivity contribution is 0.242. The number of amides is 2. The van der Waals surface area contributed by atoms with E-state index in [4.69, 9.17) is 0 Å². The van der Waals surface area contributed by atoms with Crippen molar-refractivity contribution in [1.82, 2.24) is 10.9 Å². The van der Waals surface area contributed by atoms with Crippen molar-refractivity contribution in [3.05, 3.63) is 44.8 Å². The molecule has 18 heavy (non-hydrogen) atoms. The van der Waals surface area contributed by atoms with E-state index in [1.165, 1.54) is 0 Å². The van der Waals surface area contributed by atoms with Crippen LogP contribution in [0.1, 0.15) is 9.75 Å². The first-order valence-corrected chi connectivity index (χ1v) is 6.79. The average Bonchev–Trinajstić information content (AvgIpc) is 3.01. The van der Waals surface area contributed by atoms with E-state index in [1.54, 1.807) is 35.1 Å². The molecule has 2 aromatic heterocycles. The first kappa shape index (κ1) is 12.5. The van der Waals surface area contributed by atoms with Crippen LogP contribution in [0, 0.1) is 0 Å². The van der Waals surface area contributed by atoms with Crippen LogP contribution in [-0.4, -0.2) is 18.5 Å². The van der Waals surface area contributed by atoms with Crippen molar-refractivity contribution >= 4 is 41.1 Å². The molecular weight excluding hydrogens is 268 g/mol. The lowest BCUT2D eigenvalue weighted by Gasteiger charge is -1.96. The Morgan fingerprint density at radius 1 is 1.00 bits per heavy atom. The Bertz CT molecular complexity index is 483. The molecule has 0 aliphatic heterocycles. The van der Waals surface area contributed by atoms with Crippen LogP contribution >= 0.6 is 22.7 Å². The predicted octanol–water partition coefficient (Wildman–Crippen LogP) is 2.48. The highest BCUT2D eigenvalue weighted by Crippen LogP contribution is 2.04. The van der Waals surface area contributed by atoms with Gasteiger partial charge in [-0.2, -0.15) is 10.2 Å². The highest BCUT2D eigenvalue weighted by Gasteiger charge is 1.94. The Kier molecular flexibility index (Phi) is 4.62. The normalized spacial score (nSPS) is 11.1. The first-order valence-electron chi connectivity index (χ1n) is 5.04. The van der Waals surface area contributed by atoms with E-state index in [0.717, 1.165) is 9.75 Å². The fourth-order valence-corrected chi connectivity index (χ4v) is 2.23. The third kappa shape index (κ3) is 4.11. The van der Waals surface area contributed by atoms with Crippen LogP contribution in [0.5, 0.6) is 0 Å². The van der Waals surface area contributed by atoms with Gasteiger partial charge in [-0.1, -0.05) is 12.1 Å². The Morgan fingerprint density at radius 3 is 1.89 bits per heavy atom. The van der Waals surface area contributed by atoms with Gasteiger partial charge in [0.15, 0.2) is 0 Å². The maximum atomic E-state index is 11.3. The molecule has 2 aromatic rings. The summed E-state index contributed by atoms with van der Waals surface area (Å²) in [5, 5.41) is 11.4. The van der Waals surface area contributed by atoms with Crippen molar-refractivity contribution in [1.29, 1.82) is 0 Å². The molecule has 2 heterocycles. The van der Waals surface area contributed by atoms with Crippen LogP contribution in [0.2, 0.25) is 0 Å². The van der Waals surface area contributed by atoms with Gasteiger partial charge < -0.3 is 0 Å². The Hall–Kier alpha value is -1.99. The number of nitrogens with zero attached hydrogens (tertiary/aromatic N) is 2. The zero-order valence-electron chi connectivity index (χ0n) is 9.24. The summed E-state index contributed by atoms with van der Waals surface area (Å²) >= 11 is 3.08. The van der Waals surface area contributed by atoms with E-state index in [0.29, 0.717) is 0 Å². The third-order valence-corrected chi connectivity index (χ3v) is 3.42. The second kappa shape index (κ2) is 6.67. The minimum absolute atomic E-state index is 0.476. The van der Waals surface area contributed by atoms with Crippen molar-refractivity contribution < 1.29 is 4.79 Å². The van der Waals surface area contributed by atoms with E-state index in [2.05, 4.69) is 21.1 Å². The molecule has 0 saturated heterocycles. The van der Waals surface area contributed by atoms with Crippen LogP contribution in [0.15, 0.2) is 45.2 Å². The summed E-state index contributed by atoms with van der Waals surface area (Å²) in [6.45, 7) is 0. The highest BCUT2D eigenvalue weighted by molar-refractivity contribution is 7.12. The number of nitrogens with one attached hydrogen (secondary N) is 2. The van der Waals surface area contributed by atoms with Crippen LogP contribution in [0.25, 0.3) is 0 Å². The number of carbonyl (C=O) groups is 1. The Morgan fingerprint density at radius 2 is 1.50 bits per heavy atom. The van der Waals surface area contributed by atoms with Gasteiger partial charge in [0.1, 0.15) is 0 Å². The van der Waals surface area contributed by atoms with E-state index in [9.17, 15) is 4.79 Å². The number of hydrazone groups is 2. The van der Waals surface area contributed by atoms with Crippen molar-refractivity contribution in [3.8, 4) is 0 Å². The Balaban J connectivity index is 1.72. The quantitative estimate of drug-likeness (QED) is 0.655. The molecule has 0 atom stereocenters. The monoisotopic (exact) mass is 278 g/mol. The molecule has 0 unspecified atom stereocenters. The van der Waals surface area contributed by atoms with Gasteiger partial charge in [0, 0.05) is 9.75 Å². The van der Waals surface area contributed by atoms with Crippen LogP contribution in [0.4, 0.5) is 4.79 Å². The number of rotatable bonds is 4. The Labute approximate surface area is 112 Å². The van der Waals surface area contributed by atoms with Gasteiger partial charge in [-0.3, -0.25) is 0 Å². The van der Waals surface area contributed by atoms with Crippen molar-refractivity contribution in [3.63, 3.8) is 0 Å². The fourth-order valence-electron chi connectivity index (χ4n) is 1.06. The maximum absolute atomic E-state index is 11.3. The third-order valence-electron chi connectivity index (χ3n) is 1.80. The predicted molar refractivity (Wildman–Crippen MR) is 75.5 cm³/mol. The second-order valence-corrected chi connectivity index (χ2v) is 5.06. The number of thiophene rings is 2. The molecule has 0 saturated carbocycles. The number of hydrogen-bond acceptors (Lipinski definition) is 5. The molecule has 5 nitrogen and oxygen atoms in total. The van der Waals surface area contributed by atoms with Gasteiger partial charge >= 0.3 is 6.03 Å². The van der Waals surface area contributed by atoms with Gasteiger partial charge in [0.05, 0.1) is 12.4 Å². The molecule has 0 spiro atoms. The lowest BCUT2D eigenvalue weighted by atomic mass is 10.5. The van der Waals surface area contributed by atoms with Gasteiger partial charge in [-0.15, -0.1) is 22.7 Å². The summed E-state index contributed by atoms with van der Waals surface area (Å²) in [6.07, 6.45) is 3.15. The molecule has 7 heteroatoms. The molecule has 0 aliphatic carbocycles. The smallest absolute Gasteiger partial charge is 0.245 e. The number of hydrogen-bond donors (Lipinski definition) is 2. The molecule has 0 radical (unpaired) electrons. The molecule has 0 bridgehead atoms. The molecule has 0 aliphatic rings. The fraction of sp³-hybridized carbons (Fsp3) is 0. The summed E-state index contributed by atoms with van der Waals surface area (Å²) in [7, 11) is 0. The zero-order valence-corrected chi connectivity index (χ0v) is 10.9. The number of urea groups is 1. The topological polar surface area (TPSA) is 65.8 Å². The standard InChI is InChI=1S/C11H10N4OS2/c16-11(14-12-7-9-3-1-5-17-9)15-13-8-10-4-2-6-18-10/h1-8H,(H2,14,15,16). The summed E-state index contributed by atoms with van der Waals surface area (Å²) in [6, 6.07) is 7.16. The van der Waals surface area contributed by atoms with E-state index in [1.807, 2.05) is 35.0 Å². The molecule has 2 amide bonds. The molecule has 2 N–H and O–H groups in total. The minimum Gasteiger partial charge on any atom is -0.245 e. The van der Waals surface area contributed by atoms with Gasteiger partial charge in [0.2, 0.25) is 0 Å². The van der Waals surface area contributed by atoms with Gasteiger partial charge in [-0.25, -0.2) is 15.6 Å². The molecule has 0 aromatic carbocycles. The average molecular weight is 278 g/mol. The molecule has 2 rings (SSSR count). The summed E-state index contributed by atoms with van der Waals surface area (Å²) in [4.78, 5) is 13.2. The molecular formula is C11H10N4OS2. The second-order valence-electron chi connectivity index (χ2n) is 3.10. The van der Waals surface area contributed by atoms with E-state index in [-0.39, 0.29) is 0 Å². The van der Waals surface area contributed by atoms with Crippen LogP contribution in [-0.2, 0) is 0 Å². The van der Waals surface area contributed by atoms with Crippen LogP contribution < -0.4 is 10.9 Å². The summed E-state index contributed by atoms with van der Waals surface area (Å²) < 4.78 is 0. The van der Waals surface area contributed by atoms with E-state index < -0.39 is 6.03 Å². The zero-order chi connectivity index (χ0) is 12.6. The van der Waals surface area contributed by atoms with Gasteiger partial charge in [-0.05, 0) is 22.9 Å². The lowest BCUT2D eigenvalue weighted by Crippen LogP contribution is -2.28. The maximum Gasteiger partial charge on any atom is 0.355 e. The summed E-state index contributed by atoms with van der Waals surface area (Å²) in [5.74, 6) is 0. The van der Waals surface area contributed by atoms with Gasteiger partial charge in [0.25, 0.3) is 0 Å².